The lowest BCUT2D eigenvalue weighted by Crippen LogP contribution is -2.06. The Morgan fingerprint density at radius 2 is 1.71 bits per heavy atom. The zero-order chi connectivity index (χ0) is 16.8. The van der Waals surface area contributed by atoms with Crippen molar-refractivity contribution in [2.24, 2.45) is 5.16 Å². The fraction of sp³-hybridized carbons (Fsp3) is 0.167. The van der Waals surface area contributed by atoms with Crippen molar-refractivity contribution in [3.05, 3.63) is 66.2 Å². The molecule has 1 heterocycles. The minimum absolute atomic E-state index is 0.521. The predicted octanol–water partition coefficient (Wildman–Crippen LogP) is 3.94. The van der Waals surface area contributed by atoms with Crippen LogP contribution in [0.5, 0.6) is 0 Å². The van der Waals surface area contributed by atoms with Gasteiger partial charge in [0.15, 0.2) is 11.0 Å². The van der Waals surface area contributed by atoms with Gasteiger partial charge >= 0.3 is 0 Å². The summed E-state index contributed by atoms with van der Waals surface area (Å²) in [6, 6.07) is 19.6. The Morgan fingerprint density at radius 1 is 1.04 bits per heavy atom. The lowest BCUT2D eigenvalue weighted by atomic mass is 10.1. The maximum atomic E-state index is 9.30. The monoisotopic (exact) mass is 338 g/mol. The van der Waals surface area contributed by atoms with E-state index in [1.807, 2.05) is 60.7 Å². The quantitative estimate of drug-likeness (QED) is 0.320. The molecule has 0 fully saturated rings. The lowest BCUT2D eigenvalue weighted by molar-refractivity contribution is 0.319. The SMILES string of the molecule is CCn1c(SC/C(=N/O)c2ccccc2)nnc1-c1ccccc1. The third-order valence-electron chi connectivity index (χ3n) is 3.63. The van der Waals surface area contributed by atoms with Crippen molar-refractivity contribution in [1.82, 2.24) is 14.8 Å². The molecule has 3 rings (SSSR count). The van der Waals surface area contributed by atoms with E-state index in [1.54, 1.807) is 0 Å². The van der Waals surface area contributed by atoms with Crippen LogP contribution in [-0.2, 0) is 6.54 Å². The highest BCUT2D eigenvalue weighted by atomic mass is 32.2. The van der Waals surface area contributed by atoms with Gasteiger partial charge in [0.1, 0.15) is 0 Å². The van der Waals surface area contributed by atoms with E-state index < -0.39 is 0 Å². The number of aromatic nitrogens is 3. The van der Waals surface area contributed by atoms with Crippen molar-refractivity contribution in [1.29, 1.82) is 0 Å². The first-order chi connectivity index (χ1) is 11.8. The smallest absolute Gasteiger partial charge is 0.191 e. The van der Waals surface area contributed by atoms with E-state index >= 15 is 0 Å². The molecule has 0 amide bonds. The Labute approximate surface area is 145 Å². The normalized spacial score (nSPS) is 11.6. The van der Waals surface area contributed by atoms with Gasteiger partial charge in [-0.05, 0) is 6.92 Å². The molecular formula is C18H18N4OS. The van der Waals surface area contributed by atoms with Crippen molar-refractivity contribution < 1.29 is 5.21 Å². The van der Waals surface area contributed by atoms with Gasteiger partial charge in [0.05, 0.1) is 5.71 Å². The lowest BCUT2D eigenvalue weighted by Gasteiger charge is -2.08. The van der Waals surface area contributed by atoms with E-state index in [2.05, 4.69) is 26.8 Å². The van der Waals surface area contributed by atoms with Gasteiger partial charge in [-0.3, -0.25) is 0 Å². The van der Waals surface area contributed by atoms with Crippen LogP contribution >= 0.6 is 11.8 Å². The molecule has 0 aliphatic carbocycles. The van der Waals surface area contributed by atoms with Gasteiger partial charge < -0.3 is 9.77 Å². The predicted molar refractivity (Wildman–Crippen MR) is 96.6 cm³/mol. The number of thioether (sulfide) groups is 1. The van der Waals surface area contributed by atoms with Crippen LogP contribution in [0.4, 0.5) is 0 Å². The number of hydrogen-bond acceptors (Lipinski definition) is 5. The molecular weight excluding hydrogens is 320 g/mol. The van der Waals surface area contributed by atoms with Gasteiger partial charge in [-0.25, -0.2) is 0 Å². The maximum Gasteiger partial charge on any atom is 0.191 e. The molecule has 122 valence electrons. The number of rotatable bonds is 6. The summed E-state index contributed by atoms with van der Waals surface area (Å²) in [7, 11) is 0. The first kappa shape index (κ1) is 16.3. The van der Waals surface area contributed by atoms with Crippen molar-refractivity contribution in [3.8, 4) is 11.4 Å². The van der Waals surface area contributed by atoms with Crippen LogP contribution in [0.2, 0.25) is 0 Å². The third kappa shape index (κ3) is 3.49. The fourth-order valence-corrected chi connectivity index (χ4v) is 3.37. The topological polar surface area (TPSA) is 63.3 Å². The summed E-state index contributed by atoms with van der Waals surface area (Å²) >= 11 is 1.51. The molecule has 0 aliphatic rings. The van der Waals surface area contributed by atoms with Crippen LogP contribution in [0.1, 0.15) is 12.5 Å². The van der Waals surface area contributed by atoms with Crippen LogP contribution in [0.3, 0.4) is 0 Å². The van der Waals surface area contributed by atoms with Crippen LogP contribution < -0.4 is 0 Å². The van der Waals surface area contributed by atoms with Gasteiger partial charge in [0, 0.05) is 23.4 Å². The minimum Gasteiger partial charge on any atom is -0.411 e. The average molecular weight is 338 g/mol. The molecule has 1 N–H and O–H groups in total. The molecule has 0 aliphatic heterocycles. The number of oxime groups is 1. The molecule has 0 bridgehead atoms. The van der Waals surface area contributed by atoms with Gasteiger partial charge in [-0.2, -0.15) is 0 Å². The largest absolute Gasteiger partial charge is 0.411 e. The Hall–Kier alpha value is -2.60. The first-order valence-corrected chi connectivity index (χ1v) is 8.69. The molecule has 0 unspecified atom stereocenters. The van der Waals surface area contributed by atoms with E-state index in [0.717, 1.165) is 28.7 Å². The molecule has 0 spiro atoms. The minimum atomic E-state index is 0.521. The number of nitrogens with zero attached hydrogens (tertiary/aromatic N) is 4. The summed E-state index contributed by atoms with van der Waals surface area (Å²) in [5.41, 5.74) is 2.56. The Bertz CT molecular complexity index is 816. The highest BCUT2D eigenvalue weighted by Gasteiger charge is 2.14. The highest BCUT2D eigenvalue weighted by molar-refractivity contribution is 7.99. The summed E-state index contributed by atoms with van der Waals surface area (Å²) in [5, 5.41) is 22.2. The third-order valence-corrected chi connectivity index (χ3v) is 4.61. The number of hydrogen-bond donors (Lipinski definition) is 1. The second kappa shape index (κ2) is 7.79. The standard InChI is InChI=1S/C18H18N4OS/c1-2-22-17(15-11-7-4-8-12-15)19-20-18(22)24-13-16(21-23)14-9-5-3-6-10-14/h3-12,23H,2,13H2,1H3/b21-16-. The molecule has 6 heteroatoms. The Kier molecular flexibility index (Phi) is 5.28. The van der Waals surface area contributed by atoms with Crippen LogP contribution in [0.25, 0.3) is 11.4 Å². The Balaban J connectivity index is 1.80. The second-order valence-corrected chi connectivity index (χ2v) is 6.06. The molecule has 24 heavy (non-hydrogen) atoms. The van der Waals surface area contributed by atoms with Crippen molar-refractivity contribution in [2.75, 3.05) is 5.75 Å². The van der Waals surface area contributed by atoms with Crippen molar-refractivity contribution in [3.63, 3.8) is 0 Å². The average Bonchev–Trinajstić information content (AvgIpc) is 3.07. The summed E-state index contributed by atoms with van der Waals surface area (Å²) in [6.45, 7) is 2.84. The maximum absolute atomic E-state index is 9.30. The molecule has 0 atom stereocenters. The highest BCUT2D eigenvalue weighted by Crippen LogP contribution is 2.24. The molecule has 0 saturated carbocycles. The fourth-order valence-electron chi connectivity index (χ4n) is 2.41. The zero-order valence-electron chi connectivity index (χ0n) is 13.3. The van der Waals surface area contributed by atoms with E-state index in [-0.39, 0.29) is 0 Å². The second-order valence-electron chi connectivity index (χ2n) is 5.12. The molecule has 0 radical (unpaired) electrons. The zero-order valence-corrected chi connectivity index (χ0v) is 14.1. The molecule has 5 nitrogen and oxygen atoms in total. The molecule has 0 saturated heterocycles. The summed E-state index contributed by atoms with van der Waals surface area (Å²) < 4.78 is 2.07. The van der Waals surface area contributed by atoms with Gasteiger partial charge in [-0.15, -0.1) is 10.2 Å². The van der Waals surface area contributed by atoms with Crippen LogP contribution in [0.15, 0.2) is 71.0 Å². The van der Waals surface area contributed by atoms with E-state index in [9.17, 15) is 5.21 Å². The summed E-state index contributed by atoms with van der Waals surface area (Å²) in [4.78, 5) is 0. The summed E-state index contributed by atoms with van der Waals surface area (Å²) in [6.07, 6.45) is 0. The summed E-state index contributed by atoms with van der Waals surface area (Å²) in [5.74, 6) is 1.37. The van der Waals surface area contributed by atoms with Gasteiger partial charge in [0.2, 0.25) is 0 Å². The van der Waals surface area contributed by atoms with Crippen molar-refractivity contribution >= 4 is 17.5 Å². The van der Waals surface area contributed by atoms with Crippen molar-refractivity contribution in [2.45, 2.75) is 18.6 Å². The first-order valence-electron chi connectivity index (χ1n) is 7.71. The van der Waals surface area contributed by atoms with Gasteiger partial charge in [-0.1, -0.05) is 77.6 Å². The Morgan fingerprint density at radius 3 is 2.33 bits per heavy atom. The molecule has 1 aromatic heterocycles. The van der Waals surface area contributed by atoms with Crippen LogP contribution in [0, 0.1) is 0 Å². The van der Waals surface area contributed by atoms with Crippen LogP contribution in [-0.4, -0.2) is 31.4 Å². The van der Waals surface area contributed by atoms with E-state index in [0.29, 0.717) is 11.5 Å². The number of benzene rings is 2. The van der Waals surface area contributed by atoms with E-state index in [1.165, 1.54) is 11.8 Å². The van der Waals surface area contributed by atoms with E-state index in [4.69, 9.17) is 0 Å². The molecule has 3 aromatic rings. The molecule has 2 aromatic carbocycles. The van der Waals surface area contributed by atoms with Gasteiger partial charge in [0.25, 0.3) is 0 Å².